The van der Waals surface area contributed by atoms with E-state index in [4.69, 9.17) is 17.6 Å². The molecule has 0 unspecified atom stereocenters. The van der Waals surface area contributed by atoms with Gasteiger partial charge in [-0.2, -0.15) is 0 Å². The van der Waals surface area contributed by atoms with Crippen molar-refractivity contribution in [3.8, 4) is 30.4 Å². The molecule has 0 aliphatic heterocycles. The van der Waals surface area contributed by atoms with Crippen molar-refractivity contribution in [2.75, 3.05) is 6.61 Å². The quantitative estimate of drug-likeness (QED) is 0.113. The highest BCUT2D eigenvalue weighted by Gasteiger charge is 2.17. The number of halogens is 2. The summed E-state index contributed by atoms with van der Waals surface area (Å²) in [7, 11) is 0. The van der Waals surface area contributed by atoms with Crippen LogP contribution in [0, 0.1) is 28.3 Å². The van der Waals surface area contributed by atoms with Crippen LogP contribution >= 0.6 is 38.5 Å². The van der Waals surface area contributed by atoms with Crippen molar-refractivity contribution in [3.63, 3.8) is 0 Å². The van der Waals surface area contributed by atoms with Crippen molar-refractivity contribution < 1.29 is 23.9 Å². The van der Waals surface area contributed by atoms with E-state index in [9.17, 15) is 19.2 Å². The fraction of sp³-hybridized carbons (Fsp3) is 0.347. The van der Waals surface area contributed by atoms with Gasteiger partial charge in [0.25, 0.3) is 23.6 Å². The zero-order chi connectivity index (χ0) is 45.9. The molecule has 0 fully saturated rings. The highest BCUT2D eigenvalue weighted by molar-refractivity contribution is 14.1. The number of ether oxygens (including phenoxy) is 1. The van der Waals surface area contributed by atoms with Gasteiger partial charge in [0.1, 0.15) is 12.4 Å². The van der Waals surface area contributed by atoms with Crippen molar-refractivity contribution in [1.29, 1.82) is 0 Å². The number of hydrogen-bond donors (Lipinski definition) is 4. The number of carbonyl (C=O) groups excluding carboxylic acids is 4. The maximum absolute atomic E-state index is 11.8. The van der Waals surface area contributed by atoms with Crippen LogP contribution in [0.1, 0.15) is 130 Å². The SMILES string of the molecule is C#CCOc1ccc(C(=O)NC(C)(C)C)cc1.C#Cc1ccc(C(=O)NC(C)(C)C)cc1.CC(C)(C)NC(=O)c1ccc(Br)cc1.CC(C)(C)NC(=O)c1ccc(I)cc1. The molecule has 9 nitrogen and oxygen atoms in total. The summed E-state index contributed by atoms with van der Waals surface area (Å²) < 4.78 is 7.33. The zero-order valence-corrected chi connectivity index (χ0v) is 40.6. The molecule has 0 radical (unpaired) electrons. The van der Waals surface area contributed by atoms with E-state index in [1.807, 2.05) is 119 Å². The molecule has 0 heterocycles. The summed E-state index contributed by atoms with van der Waals surface area (Å²) in [5, 5.41) is 11.6. The summed E-state index contributed by atoms with van der Waals surface area (Å²) in [5.74, 6) is 5.32. The van der Waals surface area contributed by atoms with E-state index < -0.39 is 0 Å². The molecule has 0 bridgehead atoms. The van der Waals surface area contributed by atoms with E-state index in [1.54, 1.807) is 60.7 Å². The second-order valence-electron chi connectivity index (χ2n) is 17.6. The number of hydrogen-bond acceptors (Lipinski definition) is 5. The maximum Gasteiger partial charge on any atom is 0.251 e. The molecule has 0 saturated heterocycles. The van der Waals surface area contributed by atoms with Gasteiger partial charge in [-0.05, 0) is 203 Å². The van der Waals surface area contributed by atoms with Gasteiger partial charge in [-0.15, -0.1) is 12.8 Å². The number of rotatable bonds is 6. The second kappa shape index (κ2) is 24.2. The van der Waals surface area contributed by atoms with Gasteiger partial charge in [0.15, 0.2) is 0 Å². The number of terminal acetylenes is 2. The van der Waals surface area contributed by atoms with Crippen molar-refractivity contribution in [2.45, 2.75) is 105 Å². The first-order valence-corrected chi connectivity index (χ1v) is 21.0. The van der Waals surface area contributed by atoms with Crippen LogP contribution in [0.5, 0.6) is 5.75 Å². The lowest BCUT2D eigenvalue weighted by molar-refractivity contribution is 0.0910. The van der Waals surface area contributed by atoms with Gasteiger partial charge >= 0.3 is 0 Å². The smallest absolute Gasteiger partial charge is 0.251 e. The zero-order valence-electron chi connectivity index (χ0n) is 36.9. The first-order chi connectivity index (χ1) is 27.6. The topological polar surface area (TPSA) is 126 Å². The Hall–Kier alpha value is -5.11. The number of amides is 4. The van der Waals surface area contributed by atoms with E-state index in [-0.39, 0.29) is 52.4 Å². The molecule has 4 N–H and O–H groups in total. The molecule has 0 aliphatic carbocycles. The van der Waals surface area contributed by atoms with Crippen LogP contribution in [0.15, 0.2) is 102 Å². The molecule has 0 atom stereocenters. The summed E-state index contributed by atoms with van der Waals surface area (Å²) in [6, 6.07) is 28.7. The molecule has 4 aromatic rings. The number of nitrogens with one attached hydrogen (secondary N) is 4. The predicted octanol–water partition coefficient (Wildman–Crippen LogP) is 10.2. The largest absolute Gasteiger partial charge is 0.481 e. The molecule has 0 aromatic heterocycles. The van der Waals surface area contributed by atoms with Gasteiger partial charge in [0.05, 0.1) is 0 Å². The minimum atomic E-state index is -0.240. The maximum atomic E-state index is 11.8. The van der Waals surface area contributed by atoms with E-state index in [2.05, 4.69) is 71.6 Å². The lowest BCUT2D eigenvalue weighted by atomic mass is 10.1. The summed E-state index contributed by atoms with van der Waals surface area (Å²) in [4.78, 5) is 46.8. The van der Waals surface area contributed by atoms with Crippen molar-refractivity contribution in [1.82, 2.24) is 21.3 Å². The monoisotopic (exact) mass is 990 g/mol. The summed E-state index contributed by atoms with van der Waals surface area (Å²) in [5.41, 5.74) is 2.57. The molecular weight excluding hydrogens is 931 g/mol. The minimum absolute atomic E-state index is 0.0195. The Morgan fingerprint density at radius 1 is 0.517 bits per heavy atom. The lowest BCUT2D eigenvalue weighted by Crippen LogP contribution is -2.40. The Balaban J connectivity index is 0.000000401. The highest BCUT2D eigenvalue weighted by atomic mass is 127. The summed E-state index contributed by atoms with van der Waals surface area (Å²) >= 11 is 5.54. The van der Waals surface area contributed by atoms with E-state index in [0.717, 1.165) is 13.6 Å². The van der Waals surface area contributed by atoms with E-state index in [1.165, 1.54) is 0 Å². The lowest BCUT2D eigenvalue weighted by Gasteiger charge is -2.20. The van der Waals surface area contributed by atoms with Crippen molar-refractivity contribution >= 4 is 62.1 Å². The van der Waals surface area contributed by atoms with E-state index >= 15 is 0 Å². The number of carbonyl (C=O) groups is 4. The first kappa shape index (κ1) is 52.9. The van der Waals surface area contributed by atoms with Gasteiger partial charge in [-0.3, -0.25) is 19.2 Å². The first-order valence-electron chi connectivity index (χ1n) is 19.2. The van der Waals surface area contributed by atoms with Crippen molar-refractivity contribution in [2.24, 2.45) is 0 Å². The highest BCUT2D eigenvalue weighted by Crippen LogP contribution is 2.14. The van der Waals surface area contributed by atoms with Crippen molar-refractivity contribution in [3.05, 3.63) is 133 Å². The van der Waals surface area contributed by atoms with Crippen LogP contribution in [-0.2, 0) is 0 Å². The van der Waals surface area contributed by atoms with Gasteiger partial charge in [0, 0.05) is 58.0 Å². The molecule has 4 rings (SSSR count). The fourth-order valence-corrected chi connectivity index (χ4v) is 5.02. The molecular formula is C49H60BrIN4O5. The van der Waals surface area contributed by atoms with E-state index in [0.29, 0.717) is 28.0 Å². The molecule has 4 amide bonds. The summed E-state index contributed by atoms with van der Waals surface area (Å²) in [6.07, 6.45) is 10.3. The third-order valence-electron chi connectivity index (χ3n) is 6.92. The standard InChI is InChI=1S/C14H17NO2.C13H15NO.C11H14BrNO.C11H14INO/c1-5-10-17-12-8-6-11(7-9-12)13(16)15-14(2,3)4;1-5-10-6-8-11(9-7-10)12(15)14-13(2,3)4;2*1-11(2,3)13-10(14)8-4-6-9(12)7-5-8/h1,6-9H,10H2,2-4H3,(H,15,16);1,6-9H,2-4H3,(H,14,15);2*4-7H,1-3H3,(H,13,14). The molecule has 0 saturated carbocycles. The summed E-state index contributed by atoms with van der Waals surface area (Å²) in [6.45, 7) is 23.7. The Morgan fingerprint density at radius 3 is 1.08 bits per heavy atom. The van der Waals surface area contributed by atoms with Crippen LogP contribution in [-0.4, -0.2) is 52.4 Å². The average molecular weight is 992 g/mol. The number of benzene rings is 4. The molecule has 11 heteroatoms. The van der Waals surface area contributed by atoms with Gasteiger partial charge in [-0.25, -0.2) is 0 Å². The third kappa shape index (κ3) is 24.1. The molecule has 60 heavy (non-hydrogen) atoms. The average Bonchev–Trinajstić information content (AvgIpc) is 3.13. The van der Waals surface area contributed by atoms with Gasteiger partial charge in [0.2, 0.25) is 0 Å². The van der Waals surface area contributed by atoms with Crippen LogP contribution in [0.25, 0.3) is 0 Å². The molecule has 320 valence electrons. The second-order valence-corrected chi connectivity index (χ2v) is 19.7. The third-order valence-corrected chi connectivity index (χ3v) is 8.17. The Bertz CT molecular complexity index is 2000. The van der Waals surface area contributed by atoms with Crippen LogP contribution in [0.2, 0.25) is 0 Å². The Labute approximate surface area is 380 Å². The van der Waals surface area contributed by atoms with Gasteiger partial charge < -0.3 is 26.0 Å². The Morgan fingerprint density at radius 2 is 0.800 bits per heavy atom. The molecule has 4 aromatic carbocycles. The molecule has 0 aliphatic rings. The normalized spacial score (nSPS) is 10.8. The Kier molecular flexibility index (Phi) is 21.4. The predicted molar refractivity (Wildman–Crippen MR) is 257 cm³/mol. The van der Waals surface area contributed by atoms with Crippen LogP contribution in [0.4, 0.5) is 0 Å². The minimum Gasteiger partial charge on any atom is -0.481 e. The van der Waals surface area contributed by atoms with Crippen LogP contribution < -0.4 is 26.0 Å². The van der Waals surface area contributed by atoms with Gasteiger partial charge in [-0.1, -0.05) is 27.8 Å². The molecule has 0 spiro atoms. The fourth-order valence-electron chi connectivity index (χ4n) is 4.40. The van der Waals surface area contributed by atoms with Crippen LogP contribution in [0.3, 0.4) is 0 Å².